The maximum atomic E-state index is 14.5. The second kappa shape index (κ2) is 11.5. The van der Waals surface area contributed by atoms with Gasteiger partial charge in [-0.25, -0.2) is 13.6 Å². The van der Waals surface area contributed by atoms with Gasteiger partial charge >= 0.3 is 11.7 Å². The van der Waals surface area contributed by atoms with Gasteiger partial charge in [-0.1, -0.05) is 26.7 Å². The van der Waals surface area contributed by atoms with Crippen LogP contribution in [0.15, 0.2) is 21.9 Å². The molecule has 4 atom stereocenters. The Labute approximate surface area is 178 Å². The fourth-order valence-corrected chi connectivity index (χ4v) is 3.36. The van der Waals surface area contributed by atoms with E-state index < -0.39 is 54.3 Å². The van der Waals surface area contributed by atoms with E-state index in [0.29, 0.717) is 12.8 Å². The van der Waals surface area contributed by atoms with Gasteiger partial charge in [-0.2, -0.15) is 0 Å². The number of H-pyrrole nitrogens is 1. The van der Waals surface area contributed by atoms with Crippen molar-refractivity contribution in [3.63, 3.8) is 0 Å². The Bertz CT molecular complexity index is 828. The lowest BCUT2D eigenvalue weighted by Gasteiger charge is -2.33. The van der Waals surface area contributed by atoms with Gasteiger partial charge in [0.1, 0.15) is 6.10 Å². The minimum absolute atomic E-state index is 0.124. The van der Waals surface area contributed by atoms with Gasteiger partial charge in [0.15, 0.2) is 17.9 Å². The molecule has 2 rings (SSSR count). The molecular weight excluding hydrogens is 418 g/mol. The number of carbonyl (C=O) groups is 1. The molecule has 9 nitrogen and oxygen atoms in total. The van der Waals surface area contributed by atoms with Crippen molar-refractivity contribution in [2.24, 2.45) is 0 Å². The highest BCUT2D eigenvalue weighted by Gasteiger charge is 2.63. The third kappa shape index (κ3) is 5.98. The molecule has 31 heavy (non-hydrogen) atoms. The molecule has 0 saturated carbocycles. The van der Waals surface area contributed by atoms with Gasteiger partial charge < -0.3 is 18.9 Å². The largest absolute Gasteiger partial charge is 0.455 e. The standard InChI is InChI=1S/C20H30F2N2O7/c1-4-6-10-28-12-20(18(21)22)16(29-11-7-5-2)15(30-13(3)25)17(31-20)24-9-8-14(26)23-19(24)27/h8-9,15-18H,4-7,10-12H2,1-3H3,(H,23,26,27)/t15-,16+,17-,20-/m1/s1. The van der Waals surface area contributed by atoms with E-state index in [-0.39, 0.29) is 13.2 Å². The number of rotatable bonds is 12. The molecule has 11 heteroatoms. The number of ether oxygens (including phenoxy) is 4. The van der Waals surface area contributed by atoms with E-state index in [1.165, 1.54) is 0 Å². The van der Waals surface area contributed by atoms with E-state index in [0.717, 1.165) is 36.6 Å². The predicted octanol–water partition coefficient (Wildman–Crippen LogP) is 2.00. The van der Waals surface area contributed by atoms with E-state index in [1.54, 1.807) is 0 Å². The maximum absolute atomic E-state index is 14.5. The van der Waals surface area contributed by atoms with Crippen molar-refractivity contribution >= 4 is 5.97 Å². The summed E-state index contributed by atoms with van der Waals surface area (Å²) in [6.45, 7) is 4.81. The molecule has 0 radical (unpaired) electrons. The summed E-state index contributed by atoms with van der Waals surface area (Å²) in [5.41, 5.74) is -3.83. The number of hydrogen-bond acceptors (Lipinski definition) is 7. The van der Waals surface area contributed by atoms with Crippen LogP contribution in [0.25, 0.3) is 0 Å². The summed E-state index contributed by atoms with van der Waals surface area (Å²) in [6, 6.07) is 1.04. The molecule has 1 aliphatic rings. The molecule has 1 aromatic heterocycles. The fraction of sp³-hybridized carbons (Fsp3) is 0.750. The zero-order valence-electron chi connectivity index (χ0n) is 18.0. The Balaban J connectivity index is 2.50. The molecule has 2 heterocycles. The number of aromatic nitrogens is 2. The van der Waals surface area contributed by atoms with Crippen LogP contribution in [0.3, 0.4) is 0 Å². The average molecular weight is 448 g/mol. The van der Waals surface area contributed by atoms with E-state index in [1.807, 2.05) is 18.8 Å². The van der Waals surface area contributed by atoms with Crippen molar-refractivity contribution in [3.8, 4) is 0 Å². The van der Waals surface area contributed by atoms with Gasteiger partial charge in [0, 0.05) is 32.4 Å². The number of carbonyl (C=O) groups excluding carboxylic acids is 1. The fourth-order valence-electron chi connectivity index (χ4n) is 3.36. The third-order valence-electron chi connectivity index (χ3n) is 4.96. The van der Waals surface area contributed by atoms with Gasteiger partial charge in [-0.15, -0.1) is 0 Å². The first kappa shape index (κ1) is 25.2. The summed E-state index contributed by atoms with van der Waals surface area (Å²) in [6.07, 6.45) is -3.35. The molecule has 1 aromatic rings. The van der Waals surface area contributed by atoms with Gasteiger partial charge in [0.2, 0.25) is 0 Å². The van der Waals surface area contributed by atoms with Gasteiger partial charge in [0.25, 0.3) is 12.0 Å². The molecule has 1 saturated heterocycles. The Morgan fingerprint density at radius 2 is 1.94 bits per heavy atom. The normalized spacial score (nSPS) is 25.8. The lowest BCUT2D eigenvalue weighted by Crippen LogP contribution is -2.54. The molecule has 1 fully saturated rings. The molecule has 0 spiro atoms. The lowest BCUT2D eigenvalue weighted by atomic mass is 9.95. The van der Waals surface area contributed by atoms with Crippen molar-refractivity contribution in [1.82, 2.24) is 9.55 Å². The number of alkyl halides is 2. The summed E-state index contributed by atoms with van der Waals surface area (Å²) >= 11 is 0. The number of nitrogens with zero attached hydrogens (tertiary/aromatic N) is 1. The van der Waals surface area contributed by atoms with Crippen LogP contribution in [0.1, 0.15) is 52.7 Å². The number of halogens is 2. The van der Waals surface area contributed by atoms with Crippen LogP contribution < -0.4 is 11.2 Å². The van der Waals surface area contributed by atoms with Crippen molar-refractivity contribution in [1.29, 1.82) is 0 Å². The topological polar surface area (TPSA) is 109 Å². The maximum Gasteiger partial charge on any atom is 0.330 e. The van der Waals surface area contributed by atoms with Crippen molar-refractivity contribution in [2.75, 3.05) is 19.8 Å². The van der Waals surface area contributed by atoms with E-state index in [9.17, 15) is 23.2 Å². The SMILES string of the molecule is CCCCOC[C@@]1(C(F)F)O[C@@H](n2ccc(=O)[nH]c2=O)[C@H](OC(C)=O)[C@@H]1OCCCC. The first-order chi connectivity index (χ1) is 14.8. The summed E-state index contributed by atoms with van der Waals surface area (Å²) < 4.78 is 52.1. The van der Waals surface area contributed by atoms with Crippen LogP contribution in [0.4, 0.5) is 8.78 Å². The lowest BCUT2D eigenvalue weighted by molar-refractivity contribution is -0.212. The molecule has 176 valence electrons. The van der Waals surface area contributed by atoms with E-state index >= 15 is 0 Å². The van der Waals surface area contributed by atoms with Crippen LogP contribution in [0.5, 0.6) is 0 Å². The minimum atomic E-state index is -3.07. The van der Waals surface area contributed by atoms with E-state index in [4.69, 9.17) is 18.9 Å². The zero-order valence-corrected chi connectivity index (χ0v) is 18.0. The first-order valence-corrected chi connectivity index (χ1v) is 10.4. The highest BCUT2D eigenvalue weighted by molar-refractivity contribution is 5.66. The summed E-state index contributed by atoms with van der Waals surface area (Å²) in [5, 5.41) is 0. The highest BCUT2D eigenvalue weighted by atomic mass is 19.3. The minimum Gasteiger partial charge on any atom is -0.455 e. The number of aromatic amines is 1. The smallest absolute Gasteiger partial charge is 0.330 e. The molecule has 0 aromatic carbocycles. The van der Waals surface area contributed by atoms with Crippen LogP contribution >= 0.6 is 0 Å². The van der Waals surface area contributed by atoms with Gasteiger partial charge in [-0.3, -0.25) is 19.1 Å². The molecule has 1 aliphatic heterocycles. The molecule has 0 aliphatic carbocycles. The van der Waals surface area contributed by atoms with Crippen molar-refractivity contribution < 1.29 is 32.5 Å². The first-order valence-electron chi connectivity index (χ1n) is 10.4. The highest BCUT2D eigenvalue weighted by Crippen LogP contribution is 2.44. The number of esters is 1. The molecule has 0 unspecified atom stereocenters. The summed E-state index contributed by atoms with van der Waals surface area (Å²) in [4.78, 5) is 37.6. The van der Waals surface area contributed by atoms with E-state index in [2.05, 4.69) is 0 Å². The zero-order chi connectivity index (χ0) is 23.0. The van der Waals surface area contributed by atoms with Crippen LogP contribution in [0, 0.1) is 0 Å². The monoisotopic (exact) mass is 448 g/mol. The molecule has 0 bridgehead atoms. The van der Waals surface area contributed by atoms with Crippen molar-refractivity contribution in [2.45, 2.75) is 76.9 Å². The Morgan fingerprint density at radius 1 is 1.26 bits per heavy atom. The summed E-state index contributed by atoms with van der Waals surface area (Å²) in [7, 11) is 0. The molecule has 1 N–H and O–H groups in total. The Morgan fingerprint density at radius 3 is 2.52 bits per heavy atom. The summed E-state index contributed by atoms with van der Waals surface area (Å²) in [5.74, 6) is -0.753. The number of unbranched alkanes of at least 4 members (excludes halogenated alkanes) is 2. The number of nitrogens with one attached hydrogen (secondary N) is 1. The van der Waals surface area contributed by atoms with Crippen LogP contribution in [-0.2, 0) is 23.7 Å². The Hall–Kier alpha value is -2.11. The molecule has 0 amide bonds. The van der Waals surface area contributed by atoms with Crippen molar-refractivity contribution in [3.05, 3.63) is 33.1 Å². The number of hydrogen-bond donors (Lipinski definition) is 1. The predicted molar refractivity (Wildman–Crippen MR) is 106 cm³/mol. The Kier molecular flexibility index (Phi) is 9.32. The third-order valence-corrected chi connectivity index (χ3v) is 4.96. The second-order valence-electron chi connectivity index (χ2n) is 7.41. The van der Waals surface area contributed by atoms with Gasteiger partial charge in [0.05, 0.1) is 6.61 Å². The average Bonchev–Trinajstić information content (AvgIpc) is 2.99. The second-order valence-corrected chi connectivity index (χ2v) is 7.41. The molecular formula is C20H30F2N2O7. The van der Waals surface area contributed by atoms with Gasteiger partial charge in [-0.05, 0) is 12.8 Å². The quantitative estimate of drug-likeness (QED) is 0.385. The van der Waals surface area contributed by atoms with Crippen LogP contribution in [0.2, 0.25) is 0 Å². The van der Waals surface area contributed by atoms with Crippen LogP contribution in [-0.4, -0.2) is 59.6 Å².